The van der Waals surface area contributed by atoms with E-state index in [1.54, 1.807) is 6.26 Å². The molecule has 0 unspecified atom stereocenters. The third-order valence-electron chi connectivity index (χ3n) is 1.87. The Kier molecular flexibility index (Phi) is 2.22. The zero-order chi connectivity index (χ0) is 9.26. The molecule has 2 heterocycles. The molecule has 0 aliphatic carbocycles. The lowest BCUT2D eigenvalue weighted by atomic mass is 10.2. The quantitative estimate of drug-likeness (QED) is 0.759. The molecule has 68 valence electrons. The van der Waals surface area contributed by atoms with Crippen LogP contribution in [0.3, 0.4) is 0 Å². The Labute approximate surface area is 83.9 Å². The van der Waals surface area contributed by atoms with Crippen LogP contribution in [0.15, 0.2) is 27.6 Å². The molecule has 2 aromatic heterocycles. The number of furan rings is 1. The predicted octanol–water partition coefficient (Wildman–Crippen LogP) is 3.14. The van der Waals surface area contributed by atoms with E-state index >= 15 is 0 Å². The summed E-state index contributed by atoms with van der Waals surface area (Å²) in [6, 6.07) is 1.88. The van der Waals surface area contributed by atoms with Gasteiger partial charge in [0.1, 0.15) is 5.76 Å². The van der Waals surface area contributed by atoms with E-state index in [9.17, 15) is 0 Å². The monoisotopic (exact) mass is 241 g/mol. The van der Waals surface area contributed by atoms with Crippen LogP contribution in [0.25, 0.3) is 11.3 Å². The summed E-state index contributed by atoms with van der Waals surface area (Å²) >= 11 is 3.34. The first kappa shape index (κ1) is 8.56. The fourth-order valence-corrected chi connectivity index (χ4v) is 1.60. The number of rotatable bonds is 2. The van der Waals surface area contributed by atoms with E-state index in [1.165, 1.54) is 6.39 Å². The van der Waals surface area contributed by atoms with Crippen molar-refractivity contribution in [3.05, 3.63) is 30.2 Å². The van der Waals surface area contributed by atoms with Gasteiger partial charge in [-0.3, -0.25) is 0 Å². The summed E-state index contributed by atoms with van der Waals surface area (Å²) < 4.78 is 10.5. The van der Waals surface area contributed by atoms with Crippen LogP contribution >= 0.6 is 15.9 Å². The summed E-state index contributed by atoms with van der Waals surface area (Å²) in [5.41, 5.74) is 1.86. The fourth-order valence-electron chi connectivity index (χ4n) is 1.20. The van der Waals surface area contributed by atoms with Crippen molar-refractivity contribution >= 4 is 15.9 Å². The highest BCUT2D eigenvalue weighted by Gasteiger charge is 2.13. The standard InChI is InChI=1S/C9H8BrNO2/c1-6-7(2-3-12-6)9-8(4-10)11-5-13-9/h2-3,5H,4H2,1H3. The van der Waals surface area contributed by atoms with Crippen LogP contribution in [0.1, 0.15) is 11.5 Å². The average Bonchev–Trinajstić information content (AvgIpc) is 2.71. The van der Waals surface area contributed by atoms with E-state index in [0.29, 0.717) is 5.33 Å². The number of hydrogen-bond acceptors (Lipinski definition) is 3. The number of oxazole rings is 1. The van der Waals surface area contributed by atoms with Gasteiger partial charge in [0.05, 0.1) is 17.5 Å². The molecular formula is C9H8BrNO2. The van der Waals surface area contributed by atoms with Crippen molar-refractivity contribution in [2.75, 3.05) is 0 Å². The van der Waals surface area contributed by atoms with E-state index in [1.807, 2.05) is 13.0 Å². The predicted molar refractivity (Wildman–Crippen MR) is 51.6 cm³/mol. The summed E-state index contributed by atoms with van der Waals surface area (Å²) in [7, 11) is 0. The lowest BCUT2D eigenvalue weighted by Gasteiger charge is -1.94. The van der Waals surface area contributed by atoms with Crippen LogP contribution in [-0.4, -0.2) is 4.98 Å². The van der Waals surface area contributed by atoms with E-state index in [0.717, 1.165) is 22.8 Å². The van der Waals surface area contributed by atoms with Gasteiger partial charge in [-0.1, -0.05) is 15.9 Å². The second-order valence-corrected chi connectivity index (χ2v) is 3.21. The van der Waals surface area contributed by atoms with Gasteiger partial charge in [0.25, 0.3) is 0 Å². The molecule has 0 N–H and O–H groups in total. The van der Waals surface area contributed by atoms with Crippen LogP contribution < -0.4 is 0 Å². The topological polar surface area (TPSA) is 39.2 Å². The van der Waals surface area contributed by atoms with Gasteiger partial charge < -0.3 is 8.83 Å². The molecular weight excluding hydrogens is 234 g/mol. The van der Waals surface area contributed by atoms with Crippen LogP contribution in [0.2, 0.25) is 0 Å². The highest BCUT2D eigenvalue weighted by Crippen LogP contribution is 2.28. The molecule has 0 aliphatic rings. The third kappa shape index (κ3) is 1.42. The fraction of sp³-hybridized carbons (Fsp3) is 0.222. The minimum absolute atomic E-state index is 0.684. The first-order valence-electron chi connectivity index (χ1n) is 3.85. The van der Waals surface area contributed by atoms with E-state index in [2.05, 4.69) is 20.9 Å². The Morgan fingerprint density at radius 2 is 2.31 bits per heavy atom. The number of nitrogens with zero attached hydrogens (tertiary/aromatic N) is 1. The Balaban J connectivity index is 2.52. The molecule has 0 spiro atoms. The molecule has 13 heavy (non-hydrogen) atoms. The van der Waals surface area contributed by atoms with Gasteiger partial charge >= 0.3 is 0 Å². The minimum Gasteiger partial charge on any atom is -0.469 e. The minimum atomic E-state index is 0.684. The zero-order valence-electron chi connectivity index (χ0n) is 7.08. The van der Waals surface area contributed by atoms with Crippen molar-refractivity contribution in [2.24, 2.45) is 0 Å². The second-order valence-electron chi connectivity index (χ2n) is 2.65. The van der Waals surface area contributed by atoms with Crippen molar-refractivity contribution in [3.63, 3.8) is 0 Å². The molecule has 0 fully saturated rings. The number of alkyl halides is 1. The van der Waals surface area contributed by atoms with Crippen LogP contribution in [0, 0.1) is 6.92 Å². The Bertz CT molecular complexity index is 405. The summed E-state index contributed by atoms with van der Waals surface area (Å²) in [5.74, 6) is 1.63. The molecule has 0 saturated heterocycles. The number of halogens is 1. The first-order valence-corrected chi connectivity index (χ1v) is 4.98. The van der Waals surface area contributed by atoms with Crippen molar-refractivity contribution in [2.45, 2.75) is 12.3 Å². The Hall–Kier alpha value is -1.03. The molecule has 2 aromatic rings. The number of aromatic nitrogens is 1. The van der Waals surface area contributed by atoms with Gasteiger partial charge in [-0.2, -0.15) is 0 Å². The number of hydrogen-bond donors (Lipinski definition) is 0. The van der Waals surface area contributed by atoms with E-state index < -0.39 is 0 Å². The van der Waals surface area contributed by atoms with Gasteiger partial charge in [-0.05, 0) is 13.0 Å². The molecule has 0 atom stereocenters. The average molecular weight is 242 g/mol. The largest absolute Gasteiger partial charge is 0.469 e. The van der Waals surface area contributed by atoms with Crippen molar-refractivity contribution < 1.29 is 8.83 Å². The first-order chi connectivity index (χ1) is 6.33. The smallest absolute Gasteiger partial charge is 0.181 e. The zero-order valence-corrected chi connectivity index (χ0v) is 8.67. The normalized spacial score (nSPS) is 10.6. The van der Waals surface area contributed by atoms with Crippen molar-refractivity contribution in [1.29, 1.82) is 0 Å². The van der Waals surface area contributed by atoms with Crippen molar-refractivity contribution in [1.82, 2.24) is 4.98 Å². The third-order valence-corrected chi connectivity index (χ3v) is 2.40. The molecule has 0 aromatic carbocycles. The maximum absolute atomic E-state index is 5.28. The summed E-state index contributed by atoms with van der Waals surface area (Å²) in [5, 5.41) is 0.684. The molecule has 0 bridgehead atoms. The maximum Gasteiger partial charge on any atom is 0.181 e. The summed E-state index contributed by atoms with van der Waals surface area (Å²) in [4.78, 5) is 4.08. The molecule has 0 amide bonds. The maximum atomic E-state index is 5.28. The second kappa shape index (κ2) is 3.38. The van der Waals surface area contributed by atoms with Gasteiger partial charge in [0.2, 0.25) is 0 Å². The van der Waals surface area contributed by atoms with Crippen LogP contribution in [0.5, 0.6) is 0 Å². The van der Waals surface area contributed by atoms with Crippen LogP contribution in [-0.2, 0) is 5.33 Å². The van der Waals surface area contributed by atoms with Gasteiger partial charge in [0, 0.05) is 5.33 Å². The highest BCUT2D eigenvalue weighted by atomic mass is 79.9. The number of aryl methyl sites for hydroxylation is 1. The summed E-state index contributed by atoms with van der Waals surface area (Å²) in [6.45, 7) is 1.90. The molecule has 4 heteroatoms. The molecule has 0 saturated carbocycles. The lowest BCUT2D eigenvalue weighted by Crippen LogP contribution is -1.82. The van der Waals surface area contributed by atoms with Gasteiger partial charge in [-0.15, -0.1) is 0 Å². The van der Waals surface area contributed by atoms with E-state index in [4.69, 9.17) is 8.83 Å². The lowest BCUT2D eigenvalue weighted by molar-refractivity contribution is 0.530. The molecule has 0 aliphatic heterocycles. The molecule has 2 rings (SSSR count). The molecule has 3 nitrogen and oxygen atoms in total. The molecule has 0 radical (unpaired) electrons. The van der Waals surface area contributed by atoms with Crippen LogP contribution in [0.4, 0.5) is 0 Å². The Morgan fingerprint density at radius 1 is 1.46 bits per heavy atom. The SMILES string of the molecule is Cc1occc1-c1ocnc1CBr. The summed E-state index contributed by atoms with van der Waals surface area (Å²) in [6.07, 6.45) is 3.09. The van der Waals surface area contributed by atoms with Gasteiger partial charge in [-0.25, -0.2) is 4.98 Å². The highest BCUT2D eigenvalue weighted by molar-refractivity contribution is 9.08. The van der Waals surface area contributed by atoms with Crippen molar-refractivity contribution in [3.8, 4) is 11.3 Å². The van der Waals surface area contributed by atoms with Gasteiger partial charge in [0.15, 0.2) is 12.2 Å². The van der Waals surface area contributed by atoms with E-state index in [-0.39, 0.29) is 0 Å². The Morgan fingerprint density at radius 3 is 2.92 bits per heavy atom.